The van der Waals surface area contributed by atoms with Gasteiger partial charge in [0, 0.05) is 11.4 Å². The zero-order chi connectivity index (χ0) is 10.8. The Balaban J connectivity index is 2.71. The summed E-state index contributed by atoms with van der Waals surface area (Å²) < 4.78 is 13.5. The SMILES string of the molecule is CC[C@H](N)c1ccc(F)c2ccccc12. The molecule has 0 fully saturated rings. The molecule has 2 aromatic carbocycles. The van der Waals surface area contributed by atoms with Crippen LogP contribution in [0.15, 0.2) is 36.4 Å². The van der Waals surface area contributed by atoms with Crippen LogP contribution in [0.4, 0.5) is 4.39 Å². The van der Waals surface area contributed by atoms with E-state index < -0.39 is 0 Å². The summed E-state index contributed by atoms with van der Waals surface area (Å²) in [5.41, 5.74) is 7.01. The van der Waals surface area contributed by atoms with E-state index in [4.69, 9.17) is 5.73 Å². The summed E-state index contributed by atoms with van der Waals surface area (Å²) in [5.74, 6) is -0.183. The number of hydrogen-bond acceptors (Lipinski definition) is 1. The minimum absolute atomic E-state index is 0.0181. The molecular formula is C13H14FN. The molecule has 15 heavy (non-hydrogen) atoms. The molecule has 1 nitrogen and oxygen atoms in total. The van der Waals surface area contributed by atoms with Crippen LogP contribution in [-0.2, 0) is 0 Å². The molecule has 0 aliphatic rings. The van der Waals surface area contributed by atoms with Gasteiger partial charge in [-0.25, -0.2) is 4.39 Å². The van der Waals surface area contributed by atoms with Gasteiger partial charge in [-0.1, -0.05) is 37.3 Å². The zero-order valence-corrected chi connectivity index (χ0v) is 8.70. The quantitative estimate of drug-likeness (QED) is 0.795. The summed E-state index contributed by atoms with van der Waals surface area (Å²) in [5, 5.41) is 1.57. The first-order chi connectivity index (χ1) is 7.24. The molecule has 1 atom stereocenters. The molecule has 0 saturated heterocycles. The van der Waals surface area contributed by atoms with Gasteiger partial charge in [-0.3, -0.25) is 0 Å². The first-order valence-corrected chi connectivity index (χ1v) is 5.16. The van der Waals surface area contributed by atoms with E-state index in [2.05, 4.69) is 0 Å². The Kier molecular flexibility index (Phi) is 2.69. The van der Waals surface area contributed by atoms with Gasteiger partial charge in [0.1, 0.15) is 5.82 Å². The maximum absolute atomic E-state index is 13.5. The van der Waals surface area contributed by atoms with Crippen LogP contribution in [0, 0.1) is 5.82 Å². The summed E-state index contributed by atoms with van der Waals surface area (Å²) in [7, 11) is 0. The van der Waals surface area contributed by atoms with Gasteiger partial charge in [-0.2, -0.15) is 0 Å². The standard InChI is InChI=1S/C13H14FN/c1-2-13(15)11-7-8-12(14)10-6-4-3-5-9(10)11/h3-8,13H,2,15H2,1H3/t13-/m0/s1. The van der Waals surface area contributed by atoms with Crippen molar-refractivity contribution in [2.24, 2.45) is 5.73 Å². The highest BCUT2D eigenvalue weighted by Gasteiger charge is 2.09. The molecule has 0 aliphatic heterocycles. The van der Waals surface area contributed by atoms with Crippen LogP contribution in [0.25, 0.3) is 10.8 Å². The average molecular weight is 203 g/mol. The monoisotopic (exact) mass is 203 g/mol. The first-order valence-electron chi connectivity index (χ1n) is 5.16. The number of rotatable bonds is 2. The highest BCUT2D eigenvalue weighted by Crippen LogP contribution is 2.26. The summed E-state index contributed by atoms with van der Waals surface area (Å²) in [6.45, 7) is 2.03. The smallest absolute Gasteiger partial charge is 0.131 e. The molecule has 2 aromatic rings. The Labute approximate surface area is 88.7 Å². The van der Waals surface area contributed by atoms with Crippen molar-refractivity contribution in [3.8, 4) is 0 Å². The molecule has 0 unspecified atom stereocenters. The Hall–Kier alpha value is -1.41. The van der Waals surface area contributed by atoms with Crippen molar-refractivity contribution in [3.05, 3.63) is 47.8 Å². The van der Waals surface area contributed by atoms with Crippen molar-refractivity contribution < 1.29 is 4.39 Å². The lowest BCUT2D eigenvalue weighted by molar-refractivity contribution is 0.637. The Morgan fingerprint density at radius 3 is 2.47 bits per heavy atom. The molecule has 0 aromatic heterocycles. The van der Waals surface area contributed by atoms with Crippen LogP contribution in [0.2, 0.25) is 0 Å². The Bertz CT molecular complexity index is 479. The van der Waals surface area contributed by atoms with Crippen LogP contribution in [0.3, 0.4) is 0 Å². The molecule has 0 heterocycles. The van der Waals surface area contributed by atoms with E-state index in [1.807, 2.05) is 25.1 Å². The second kappa shape index (κ2) is 3.99. The van der Waals surface area contributed by atoms with Gasteiger partial charge >= 0.3 is 0 Å². The van der Waals surface area contributed by atoms with Crippen molar-refractivity contribution in [1.82, 2.24) is 0 Å². The molecule has 2 N–H and O–H groups in total. The van der Waals surface area contributed by atoms with Crippen molar-refractivity contribution in [1.29, 1.82) is 0 Å². The lowest BCUT2D eigenvalue weighted by atomic mass is 9.97. The van der Waals surface area contributed by atoms with Gasteiger partial charge in [0.25, 0.3) is 0 Å². The molecule has 2 rings (SSSR count). The third-order valence-corrected chi connectivity index (χ3v) is 2.74. The summed E-state index contributed by atoms with van der Waals surface area (Å²) in [6.07, 6.45) is 0.857. The van der Waals surface area contributed by atoms with Crippen molar-refractivity contribution in [3.63, 3.8) is 0 Å². The lowest BCUT2D eigenvalue weighted by Crippen LogP contribution is -2.09. The predicted molar refractivity (Wildman–Crippen MR) is 61.1 cm³/mol. The zero-order valence-electron chi connectivity index (χ0n) is 8.70. The summed E-state index contributed by atoms with van der Waals surface area (Å²) in [6, 6.07) is 10.7. The normalized spacial score (nSPS) is 13.0. The minimum Gasteiger partial charge on any atom is -0.324 e. The number of benzene rings is 2. The van der Waals surface area contributed by atoms with Gasteiger partial charge in [0.05, 0.1) is 0 Å². The van der Waals surface area contributed by atoms with Crippen molar-refractivity contribution >= 4 is 10.8 Å². The highest BCUT2D eigenvalue weighted by atomic mass is 19.1. The maximum atomic E-state index is 13.5. The van der Waals surface area contributed by atoms with E-state index in [0.29, 0.717) is 5.39 Å². The third-order valence-electron chi connectivity index (χ3n) is 2.74. The fraction of sp³-hybridized carbons (Fsp3) is 0.231. The minimum atomic E-state index is -0.183. The van der Waals surface area contributed by atoms with Crippen LogP contribution < -0.4 is 5.73 Å². The van der Waals surface area contributed by atoms with Crippen LogP contribution in [0.5, 0.6) is 0 Å². The largest absolute Gasteiger partial charge is 0.324 e. The maximum Gasteiger partial charge on any atom is 0.131 e. The second-order valence-electron chi connectivity index (χ2n) is 3.70. The van der Waals surface area contributed by atoms with Crippen LogP contribution in [-0.4, -0.2) is 0 Å². The highest BCUT2D eigenvalue weighted by molar-refractivity contribution is 5.86. The molecule has 78 valence electrons. The molecule has 0 radical (unpaired) electrons. The van der Waals surface area contributed by atoms with Gasteiger partial charge in [-0.05, 0) is 23.4 Å². The fourth-order valence-corrected chi connectivity index (χ4v) is 1.83. The van der Waals surface area contributed by atoms with Gasteiger partial charge in [-0.15, -0.1) is 0 Å². The topological polar surface area (TPSA) is 26.0 Å². The van der Waals surface area contributed by atoms with Crippen molar-refractivity contribution in [2.45, 2.75) is 19.4 Å². The number of halogens is 1. The van der Waals surface area contributed by atoms with Gasteiger partial charge < -0.3 is 5.73 Å². The summed E-state index contributed by atoms with van der Waals surface area (Å²) in [4.78, 5) is 0. The molecular weight excluding hydrogens is 189 g/mol. The van der Waals surface area contributed by atoms with Gasteiger partial charge in [0.2, 0.25) is 0 Å². The predicted octanol–water partition coefficient (Wildman–Crippen LogP) is 3.39. The molecule has 0 aliphatic carbocycles. The van der Waals surface area contributed by atoms with E-state index in [1.165, 1.54) is 6.07 Å². The van der Waals surface area contributed by atoms with Crippen LogP contribution >= 0.6 is 0 Å². The van der Waals surface area contributed by atoms with E-state index in [9.17, 15) is 4.39 Å². The van der Waals surface area contributed by atoms with Crippen LogP contribution in [0.1, 0.15) is 24.9 Å². The molecule has 2 heteroatoms. The van der Waals surface area contributed by atoms with E-state index in [-0.39, 0.29) is 11.9 Å². The van der Waals surface area contributed by atoms with E-state index >= 15 is 0 Å². The van der Waals surface area contributed by atoms with Crippen molar-refractivity contribution in [2.75, 3.05) is 0 Å². The number of hydrogen-bond donors (Lipinski definition) is 1. The Morgan fingerprint density at radius 2 is 1.80 bits per heavy atom. The second-order valence-corrected chi connectivity index (χ2v) is 3.70. The lowest BCUT2D eigenvalue weighted by Gasteiger charge is -2.12. The molecule has 0 saturated carbocycles. The van der Waals surface area contributed by atoms with Gasteiger partial charge in [0.15, 0.2) is 0 Å². The van der Waals surface area contributed by atoms with E-state index in [1.54, 1.807) is 12.1 Å². The third kappa shape index (κ3) is 1.73. The first kappa shape index (κ1) is 10.1. The molecule has 0 spiro atoms. The number of nitrogens with two attached hydrogens (primary N) is 1. The molecule has 0 bridgehead atoms. The average Bonchev–Trinajstić information content (AvgIpc) is 2.29. The number of fused-ring (bicyclic) bond motifs is 1. The fourth-order valence-electron chi connectivity index (χ4n) is 1.83. The summed E-state index contributed by atoms with van der Waals surface area (Å²) >= 11 is 0. The van der Waals surface area contributed by atoms with E-state index in [0.717, 1.165) is 17.4 Å². The Morgan fingerprint density at radius 1 is 1.13 bits per heavy atom. The molecule has 0 amide bonds.